The minimum Gasteiger partial charge on any atom is -0.341 e. The SMILES string of the molecule is Cc1ccc(NC(=O)N2CCC3(CC2)C(=O)N(CC(=O)N2CCC(C)CC2)CN3c2ccccc2)cc1C. The van der Waals surface area contributed by atoms with Gasteiger partial charge in [0.2, 0.25) is 5.91 Å². The second-order valence-corrected chi connectivity index (χ2v) is 11.2. The maximum absolute atomic E-state index is 14.0. The lowest BCUT2D eigenvalue weighted by atomic mass is 9.85. The van der Waals surface area contributed by atoms with Gasteiger partial charge in [0.25, 0.3) is 5.91 Å². The zero-order valence-corrected chi connectivity index (χ0v) is 22.8. The minimum atomic E-state index is -0.755. The summed E-state index contributed by atoms with van der Waals surface area (Å²) in [4.78, 5) is 47.7. The molecular weight excluding hydrogens is 478 g/mol. The van der Waals surface area contributed by atoms with Crippen LogP contribution in [0.3, 0.4) is 0 Å². The molecule has 2 aromatic carbocycles. The van der Waals surface area contributed by atoms with Crippen LogP contribution < -0.4 is 10.2 Å². The van der Waals surface area contributed by atoms with Crippen molar-refractivity contribution in [1.82, 2.24) is 14.7 Å². The summed E-state index contributed by atoms with van der Waals surface area (Å²) in [7, 11) is 0. The number of aryl methyl sites for hydroxylation is 2. The lowest BCUT2D eigenvalue weighted by Crippen LogP contribution is -2.58. The molecule has 1 N–H and O–H groups in total. The third kappa shape index (κ3) is 5.08. The molecule has 0 unspecified atom stereocenters. The highest BCUT2D eigenvalue weighted by molar-refractivity contribution is 5.97. The molecule has 1 spiro atoms. The van der Waals surface area contributed by atoms with E-state index in [9.17, 15) is 14.4 Å². The van der Waals surface area contributed by atoms with Crippen LogP contribution in [-0.2, 0) is 9.59 Å². The third-order valence-corrected chi connectivity index (χ3v) is 8.68. The number of anilines is 2. The van der Waals surface area contributed by atoms with Crippen molar-refractivity contribution in [3.8, 4) is 0 Å². The average molecular weight is 518 g/mol. The van der Waals surface area contributed by atoms with Crippen LogP contribution in [0.1, 0.15) is 43.7 Å². The number of para-hydroxylation sites is 1. The molecule has 8 heteroatoms. The topological polar surface area (TPSA) is 76.2 Å². The quantitative estimate of drug-likeness (QED) is 0.659. The van der Waals surface area contributed by atoms with Crippen molar-refractivity contribution < 1.29 is 14.4 Å². The van der Waals surface area contributed by atoms with Gasteiger partial charge >= 0.3 is 6.03 Å². The summed E-state index contributed by atoms with van der Waals surface area (Å²) in [6.07, 6.45) is 3.07. The largest absolute Gasteiger partial charge is 0.341 e. The highest BCUT2D eigenvalue weighted by Crippen LogP contribution is 2.39. The number of amides is 4. The number of benzene rings is 2. The Morgan fingerprint density at radius 1 is 0.921 bits per heavy atom. The fourth-order valence-electron chi connectivity index (χ4n) is 5.95. The minimum absolute atomic E-state index is 0.00528. The van der Waals surface area contributed by atoms with E-state index in [1.165, 1.54) is 5.56 Å². The zero-order valence-electron chi connectivity index (χ0n) is 22.8. The van der Waals surface area contributed by atoms with Crippen molar-refractivity contribution in [2.45, 2.75) is 52.0 Å². The molecule has 3 fully saturated rings. The molecule has 38 heavy (non-hydrogen) atoms. The molecule has 0 bridgehead atoms. The number of carbonyl (C=O) groups excluding carboxylic acids is 3. The number of likely N-dealkylation sites (tertiary alicyclic amines) is 2. The van der Waals surface area contributed by atoms with Crippen LogP contribution in [0.15, 0.2) is 48.5 Å². The predicted molar refractivity (Wildman–Crippen MR) is 149 cm³/mol. The summed E-state index contributed by atoms with van der Waals surface area (Å²) in [5.41, 5.74) is 3.30. The van der Waals surface area contributed by atoms with Crippen molar-refractivity contribution >= 4 is 29.2 Å². The van der Waals surface area contributed by atoms with Gasteiger partial charge in [-0.05, 0) is 80.8 Å². The van der Waals surface area contributed by atoms with E-state index < -0.39 is 5.54 Å². The lowest BCUT2D eigenvalue weighted by molar-refractivity contribution is -0.141. The van der Waals surface area contributed by atoms with Gasteiger partial charge in [-0.2, -0.15) is 0 Å². The molecule has 5 rings (SSSR count). The van der Waals surface area contributed by atoms with Crippen molar-refractivity contribution in [3.63, 3.8) is 0 Å². The fraction of sp³-hybridized carbons (Fsp3) is 0.500. The number of urea groups is 1. The van der Waals surface area contributed by atoms with Crippen molar-refractivity contribution in [3.05, 3.63) is 59.7 Å². The first-order chi connectivity index (χ1) is 18.3. The molecule has 3 aliphatic heterocycles. The van der Waals surface area contributed by atoms with Gasteiger partial charge in [-0.25, -0.2) is 4.79 Å². The number of carbonyl (C=O) groups is 3. The summed E-state index contributed by atoms with van der Waals surface area (Å²) < 4.78 is 0. The maximum Gasteiger partial charge on any atom is 0.321 e. The Hall–Kier alpha value is -3.55. The molecule has 0 saturated carbocycles. The van der Waals surface area contributed by atoms with Crippen molar-refractivity contribution in [1.29, 1.82) is 0 Å². The molecular formula is C30H39N5O3. The van der Waals surface area contributed by atoms with E-state index in [0.717, 1.165) is 42.9 Å². The molecule has 0 radical (unpaired) electrons. The Morgan fingerprint density at radius 2 is 1.61 bits per heavy atom. The van der Waals surface area contributed by atoms with E-state index in [0.29, 0.717) is 38.5 Å². The van der Waals surface area contributed by atoms with E-state index >= 15 is 0 Å². The molecule has 202 valence electrons. The first kappa shape index (κ1) is 26.1. The molecule has 8 nitrogen and oxygen atoms in total. The van der Waals surface area contributed by atoms with Crippen LogP contribution >= 0.6 is 0 Å². The molecule has 3 aliphatic rings. The molecule has 4 amide bonds. The molecule has 0 atom stereocenters. The number of piperidine rings is 2. The number of hydrogen-bond acceptors (Lipinski definition) is 4. The van der Waals surface area contributed by atoms with Crippen molar-refractivity contribution in [2.75, 3.05) is 49.6 Å². The summed E-state index contributed by atoms with van der Waals surface area (Å²) in [6, 6.07) is 15.7. The summed E-state index contributed by atoms with van der Waals surface area (Å²) in [6.45, 7) is 9.26. The Morgan fingerprint density at radius 3 is 2.26 bits per heavy atom. The van der Waals surface area contributed by atoms with Gasteiger partial charge in [-0.1, -0.05) is 31.2 Å². The highest BCUT2D eigenvalue weighted by Gasteiger charge is 2.54. The number of rotatable bonds is 4. The van der Waals surface area contributed by atoms with Gasteiger partial charge in [0.05, 0.1) is 6.67 Å². The van der Waals surface area contributed by atoms with E-state index in [2.05, 4.69) is 17.1 Å². The monoisotopic (exact) mass is 517 g/mol. The third-order valence-electron chi connectivity index (χ3n) is 8.68. The van der Waals surface area contributed by atoms with Crippen molar-refractivity contribution in [2.24, 2.45) is 5.92 Å². The molecule has 0 aromatic heterocycles. The highest BCUT2D eigenvalue weighted by atomic mass is 16.2. The van der Waals surface area contributed by atoms with Gasteiger partial charge in [0, 0.05) is 37.6 Å². The van der Waals surface area contributed by atoms with Crippen LogP contribution in [0.4, 0.5) is 16.2 Å². The van der Waals surface area contributed by atoms with Gasteiger partial charge in [0.15, 0.2) is 0 Å². The van der Waals surface area contributed by atoms with Crippen LogP contribution in [0, 0.1) is 19.8 Å². The van der Waals surface area contributed by atoms with E-state index in [1.54, 1.807) is 9.80 Å². The summed E-state index contributed by atoms with van der Waals surface area (Å²) >= 11 is 0. The first-order valence-corrected chi connectivity index (χ1v) is 13.8. The number of hydrogen-bond donors (Lipinski definition) is 1. The molecule has 3 saturated heterocycles. The normalized spacial score (nSPS) is 19.8. The summed E-state index contributed by atoms with van der Waals surface area (Å²) in [5, 5.41) is 3.01. The Bertz CT molecular complexity index is 1180. The fourth-order valence-corrected chi connectivity index (χ4v) is 5.95. The Labute approximate surface area is 225 Å². The second kappa shape index (κ2) is 10.7. The average Bonchev–Trinajstić information content (AvgIpc) is 3.18. The molecule has 2 aromatic rings. The zero-order chi connectivity index (χ0) is 26.9. The molecule has 3 heterocycles. The van der Waals surface area contributed by atoms with Crippen LogP contribution in [0.5, 0.6) is 0 Å². The first-order valence-electron chi connectivity index (χ1n) is 13.8. The Kier molecular flexibility index (Phi) is 7.32. The smallest absolute Gasteiger partial charge is 0.321 e. The van der Waals surface area contributed by atoms with Crippen LogP contribution in [-0.4, -0.2) is 77.5 Å². The van der Waals surface area contributed by atoms with E-state index in [1.807, 2.05) is 67.3 Å². The summed E-state index contributed by atoms with van der Waals surface area (Å²) in [5.74, 6) is 0.663. The molecule has 0 aliphatic carbocycles. The van der Waals surface area contributed by atoms with E-state index in [-0.39, 0.29) is 24.4 Å². The van der Waals surface area contributed by atoms with Gasteiger partial charge in [-0.15, -0.1) is 0 Å². The van der Waals surface area contributed by atoms with Gasteiger partial charge < -0.3 is 24.9 Å². The van der Waals surface area contributed by atoms with Gasteiger partial charge in [-0.3, -0.25) is 9.59 Å². The van der Waals surface area contributed by atoms with Crippen LogP contribution in [0.2, 0.25) is 0 Å². The lowest BCUT2D eigenvalue weighted by Gasteiger charge is -2.43. The predicted octanol–water partition coefficient (Wildman–Crippen LogP) is 4.23. The van der Waals surface area contributed by atoms with Gasteiger partial charge in [0.1, 0.15) is 12.1 Å². The Balaban J connectivity index is 1.29. The van der Waals surface area contributed by atoms with E-state index in [4.69, 9.17) is 0 Å². The number of nitrogens with zero attached hydrogens (tertiary/aromatic N) is 4. The van der Waals surface area contributed by atoms with Crippen LogP contribution in [0.25, 0.3) is 0 Å². The second-order valence-electron chi connectivity index (χ2n) is 11.2. The standard InChI is InChI=1S/C30H39N5O3/c1-22-11-15-32(16-12-22)27(36)20-34-21-35(26-7-5-4-6-8-26)30(28(34)37)13-17-33(18-14-30)29(38)31-25-10-9-23(2)24(3)19-25/h4-10,19,22H,11-18,20-21H2,1-3H3,(H,31,38). The maximum atomic E-state index is 14.0. The number of nitrogens with one attached hydrogen (secondary N) is 1.